The van der Waals surface area contributed by atoms with E-state index < -0.39 is 10.0 Å². The van der Waals surface area contributed by atoms with Crippen LogP contribution in [0.15, 0.2) is 76.1 Å². The number of hydrogen-bond acceptors (Lipinski definition) is 5. The molecule has 6 nitrogen and oxygen atoms in total. The smallest absolute Gasteiger partial charge is 0.261 e. The molecular formula is C20H18BrNO5S. The van der Waals surface area contributed by atoms with Crippen molar-refractivity contribution in [1.29, 1.82) is 0 Å². The van der Waals surface area contributed by atoms with Crippen molar-refractivity contribution >= 4 is 31.6 Å². The lowest BCUT2D eigenvalue weighted by atomic mass is 10.3. The van der Waals surface area contributed by atoms with Gasteiger partial charge in [-0.15, -0.1) is 0 Å². The fourth-order valence-corrected chi connectivity index (χ4v) is 3.75. The first-order valence-electron chi connectivity index (χ1n) is 8.19. The van der Waals surface area contributed by atoms with E-state index in [0.717, 1.165) is 4.47 Å². The summed E-state index contributed by atoms with van der Waals surface area (Å²) in [4.78, 5) is 0.116. The monoisotopic (exact) mass is 463 g/mol. The molecule has 3 rings (SSSR count). The summed E-state index contributed by atoms with van der Waals surface area (Å²) in [5.74, 6) is 2.13. The highest BCUT2D eigenvalue weighted by atomic mass is 79.9. The van der Waals surface area contributed by atoms with Crippen LogP contribution in [0.2, 0.25) is 0 Å². The summed E-state index contributed by atoms with van der Waals surface area (Å²) < 4.78 is 44.8. The molecule has 1 N–H and O–H groups in total. The second-order valence-electron chi connectivity index (χ2n) is 5.70. The van der Waals surface area contributed by atoms with E-state index in [4.69, 9.17) is 14.2 Å². The zero-order chi connectivity index (χ0) is 20.1. The highest BCUT2D eigenvalue weighted by molar-refractivity contribution is 9.10. The number of nitrogens with one attached hydrogen (secondary N) is 1. The number of halogens is 1. The normalized spacial score (nSPS) is 11.0. The van der Waals surface area contributed by atoms with Gasteiger partial charge >= 0.3 is 0 Å². The van der Waals surface area contributed by atoms with Crippen molar-refractivity contribution in [3.05, 3.63) is 71.2 Å². The Kier molecular flexibility index (Phi) is 6.11. The van der Waals surface area contributed by atoms with Gasteiger partial charge in [-0.2, -0.15) is 0 Å². The van der Waals surface area contributed by atoms with Crippen LogP contribution in [-0.2, 0) is 10.0 Å². The van der Waals surface area contributed by atoms with E-state index in [1.54, 1.807) is 30.3 Å². The molecular weight excluding hydrogens is 446 g/mol. The van der Waals surface area contributed by atoms with Gasteiger partial charge < -0.3 is 14.2 Å². The minimum absolute atomic E-state index is 0.116. The van der Waals surface area contributed by atoms with Crippen molar-refractivity contribution in [3.8, 4) is 23.0 Å². The van der Waals surface area contributed by atoms with E-state index in [1.165, 1.54) is 26.4 Å². The third-order valence-electron chi connectivity index (χ3n) is 3.82. The number of benzene rings is 3. The summed E-state index contributed by atoms with van der Waals surface area (Å²) in [6.45, 7) is 0. The highest BCUT2D eigenvalue weighted by Gasteiger charge is 2.16. The van der Waals surface area contributed by atoms with Crippen LogP contribution in [0.5, 0.6) is 23.0 Å². The van der Waals surface area contributed by atoms with Crippen molar-refractivity contribution in [3.63, 3.8) is 0 Å². The Balaban J connectivity index is 1.75. The summed E-state index contributed by atoms with van der Waals surface area (Å²) in [7, 11) is -0.761. The second kappa shape index (κ2) is 8.53. The van der Waals surface area contributed by atoms with Gasteiger partial charge in [0.25, 0.3) is 10.0 Å². The molecule has 0 spiro atoms. The predicted octanol–water partition coefficient (Wildman–Crippen LogP) is 5.06. The molecule has 0 aliphatic rings. The van der Waals surface area contributed by atoms with Gasteiger partial charge in [-0.05, 0) is 60.7 Å². The van der Waals surface area contributed by atoms with Crippen molar-refractivity contribution in [2.24, 2.45) is 0 Å². The summed E-state index contributed by atoms with van der Waals surface area (Å²) in [5, 5.41) is 0. The molecule has 0 saturated heterocycles. The number of anilines is 1. The molecule has 28 heavy (non-hydrogen) atoms. The lowest BCUT2D eigenvalue weighted by molar-refractivity contribution is 0.355. The van der Waals surface area contributed by atoms with E-state index in [-0.39, 0.29) is 4.90 Å². The van der Waals surface area contributed by atoms with Crippen molar-refractivity contribution in [2.45, 2.75) is 4.90 Å². The van der Waals surface area contributed by atoms with Crippen LogP contribution in [0.4, 0.5) is 5.69 Å². The maximum Gasteiger partial charge on any atom is 0.261 e. The van der Waals surface area contributed by atoms with Gasteiger partial charge in [-0.1, -0.05) is 15.9 Å². The molecule has 0 aliphatic carbocycles. The fourth-order valence-electron chi connectivity index (χ4n) is 2.44. The van der Waals surface area contributed by atoms with Crippen LogP contribution in [0, 0.1) is 0 Å². The fraction of sp³-hybridized carbons (Fsp3) is 0.100. The topological polar surface area (TPSA) is 73.9 Å². The number of methoxy groups -OCH3 is 2. The molecule has 0 saturated carbocycles. The lowest BCUT2D eigenvalue weighted by Gasteiger charge is -2.12. The molecule has 0 fully saturated rings. The zero-order valence-electron chi connectivity index (χ0n) is 15.2. The third-order valence-corrected chi connectivity index (χ3v) is 5.74. The Hall–Kier alpha value is -2.71. The quantitative estimate of drug-likeness (QED) is 0.529. The molecule has 0 atom stereocenters. The Morgan fingerprint density at radius 2 is 1.36 bits per heavy atom. The molecule has 0 aromatic heterocycles. The van der Waals surface area contributed by atoms with Gasteiger partial charge in [0, 0.05) is 10.5 Å². The summed E-state index contributed by atoms with van der Waals surface area (Å²) in [5.41, 5.74) is 0.368. The molecule has 3 aromatic carbocycles. The van der Waals surface area contributed by atoms with Crippen LogP contribution in [0.3, 0.4) is 0 Å². The van der Waals surface area contributed by atoms with E-state index >= 15 is 0 Å². The zero-order valence-corrected chi connectivity index (χ0v) is 17.6. The number of hydrogen-bond donors (Lipinski definition) is 1. The average molecular weight is 464 g/mol. The van der Waals surface area contributed by atoms with Crippen molar-refractivity contribution < 1.29 is 22.6 Å². The SMILES string of the molecule is COc1ccc(NS(=O)(=O)c2ccc(Oc3ccc(Br)cc3)cc2)cc1OC. The van der Waals surface area contributed by atoms with Gasteiger partial charge in [-0.3, -0.25) is 4.72 Å². The van der Waals surface area contributed by atoms with Crippen LogP contribution in [-0.4, -0.2) is 22.6 Å². The molecule has 0 radical (unpaired) electrons. The molecule has 146 valence electrons. The van der Waals surface area contributed by atoms with Crippen LogP contribution >= 0.6 is 15.9 Å². The van der Waals surface area contributed by atoms with Gasteiger partial charge in [-0.25, -0.2) is 8.42 Å². The van der Waals surface area contributed by atoms with Crippen LogP contribution < -0.4 is 18.9 Å². The maximum atomic E-state index is 12.6. The standard InChI is InChI=1S/C20H18BrNO5S/c1-25-19-12-5-15(13-20(19)26-2)22-28(23,24)18-10-8-17(9-11-18)27-16-6-3-14(21)4-7-16/h3-13,22H,1-2H3. The molecule has 0 bridgehead atoms. The lowest BCUT2D eigenvalue weighted by Crippen LogP contribution is -2.13. The molecule has 0 unspecified atom stereocenters. The molecule has 0 amide bonds. The minimum atomic E-state index is -3.76. The largest absolute Gasteiger partial charge is 0.493 e. The third kappa shape index (κ3) is 4.76. The number of sulfonamides is 1. The van der Waals surface area contributed by atoms with Gasteiger partial charge in [0.2, 0.25) is 0 Å². The van der Waals surface area contributed by atoms with E-state index in [2.05, 4.69) is 20.7 Å². The minimum Gasteiger partial charge on any atom is -0.493 e. The number of rotatable bonds is 7. The van der Waals surface area contributed by atoms with Gasteiger partial charge in [0.05, 0.1) is 24.8 Å². The molecule has 0 aliphatic heterocycles. The molecule has 0 heterocycles. The Bertz CT molecular complexity index is 1050. The Morgan fingerprint density at radius 3 is 1.93 bits per heavy atom. The highest BCUT2D eigenvalue weighted by Crippen LogP contribution is 2.31. The Labute approximate surface area is 172 Å². The maximum absolute atomic E-state index is 12.6. The molecule has 8 heteroatoms. The van der Waals surface area contributed by atoms with Crippen LogP contribution in [0.25, 0.3) is 0 Å². The van der Waals surface area contributed by atoms with E-state index in [9.17, 15) is 8.42 Å². The van der Waals surface area contributed by atoms with Crippen molar-refractivity contribution in [2.75, 3.05) is 18.9 Å². The molecule has 3 aromatic rings. The summed E-state index contributed by atoms with van der Waals surface area (Å²) in [6, 6.07) is 18.3. The first kappa shape index (κ1) is 20.0. The van der Waals surface area contributed by atoms with Crippen molar-refractivity contribution in [1.82, 2.24) is 0 Å². The number of ether oxygens (including phenoxy) is 3. The van der Waals surface area contributed by atoms with E-state index in [1.807, 2.05) is 24.3 Å². The first-order chi connectivity index (χ1) is 13.4. The van der Waals surface area contributed by atoms with Gasteiger partial charge in [0.1, 0.15) is 11.5 Å². The van der Waals surface area contributed by atoms with Crippen LogP contribution in [0.1, 0.15) is 0 Å². The van der Waals surface area contributed by atoms with Gasteiger partial charge in [0.15, 0.2) is 11.5 Å². The first-order valence-corrected chi connectivity index (χ1v) is 10.5. The predicted molar refractivity (Wildman–Crippen MR) is 111 cm³/mol. The second-order valence-corrected chi connectivity index (χ2v) is 8.30. The summed E-state index contributed by atoms with van der Waals surface area (Å²) in [6.07, 6.45) is 0. The summed E-state index contributed by atoms with van der Waals surface area (Å²) >= 11 is 3.36. The Morgan fingerprint density at radius 1 is 0.786 bits per heavy atom. The average Bonchev–Trinajstić information content (AvgIpc) is 2.70. The van der Waals surface area contributed by atoms with E-state index in [0.29, 0.717) is 28.7 Å².